The Kier molecular flexibility index (Phi) is 3.04. The molecular formula is C10H14ClNO. The summed E-state index contributed by atoms with van der Waals surface area (Å²) in [5.41, 5.74) is 2.53. The van der Waals surface area contributed by atoms with Gasteiger partial charge in [0.25, 0.3) is 0 Å². The molecule has 13 heavy (non-hydrogen) atoms. The average molecular weight is 200 g/mol. The van der Waals surface area contributed by atoms with Crippen molar-refractivity contribution < 1.29 is 5.11 Å². The van der Waals surface area contributed by atoms with Crippen molar-refractivity contribution in [2.45, 2.75) is 12.8 Å². The first kappa shape index (κ1) is 10.2. The Morgan fingerprint density at radius 3 is 2.92 bits per heavy atom. The third-order valence-electron chi connectivity index (χ3n) is 2.41. The van der Waals surface area contributed by atoms with Gasteiger partial charge in [0.2, 0.25) is 0 Å². The second kappa shape index (κ2) is 3.88. The van der Waals surface area contributed by atoms with Crippen LogP contribution in [0.2, 0.25) is 0 Å². The minimum absolute atomic E-state index is 0. The van der Waals surface area contributed by atoms with Crippen molar-refractivity contribution in [3.8, 4) is 5.75 Å². The van der Waals surface area contributed by atoms with Crippen molar-refractivity contribution >= 4 is 18.1 Å². The molecule has 72 valence electrons. The molecule has 1 heterocycles. The van der Waals surface area contributed by atoms with E-state index in [1.165, 1.54) is 17.7 Å². The molecule has 0 atom stereocenters. The molecule has 0 aliphatic carbocycles. The number of aromatic hydroxyl groups is 1. The van der Waals surface area contributed by atoms with E-state index >= 15 is 0 Å². The molecule has 2 nitrogen and oxygen atoms in total. The summed E-state index contributed by atoms with van der Waals surface area (Å²) in [6.45, 7) is 1.12. The Morgan fingerprint density at radius 1 is 1.38 bits per heavy atom. The van der Waals surface area contributed by atoms with Crippen molar-refractivity contribution in [2.24, 2.45) is 0 Å². The van der Waals surface area contributed by atoms with Gasteiger partial charge in [0, 0.05) is 19.3 Å². The first-order valence-corrected chi connectivity index (χ1v) is 4.30. The third kappa shape index (κ3) is 1.89. The first-order chi connectivity index (χ1) is 5.77. The van der Waals surface area contributed by atoms with Crippen LogP contribution in [0.1, 0.15) is 12.0 Å². The lowest BCUT2D eigenvalue weighted by Crippen LogP contribution is -2.24. The normalized spacial score (nSPS) is 14.7. The van der Waals surface area contributed by atoms with Gasteiger partial charge in [0.1, 0.15) is 5.75 Å². The van der Waals surface area contributed by atoms with Gasteiger partial charge in [-0.1, -0.05) is 0 Å². The molecule has 1 aliphatic heterocycles. The van der Waals surface area contributed by atoms with E-state index in [0.717, 1.165) is 13.0 Å². The largest absolute Gasteiger partial charge is 0.508 e. The predicted octanol–water partition coefficient (Wildman–Crippen LogP) is 2.20. The Balaban J connectivity index is 0.000000845. The number of hydrogen-bond acceptors (Lipinski definition) is 2. The molecule has 1 aromatic rings. The third-order valence-corrected chi connectivity index (χ3v) is 2.41. The van der Waals surface area contributed by atoms with E-state index < -0.39 is 0 Å². The highest BCUT2D eigenvalue weighted by atomic mass is 35.5. The van der Waals surface area contributed by atoms with Crippen molar-refractivity contribution in [3.05, 3.63) is 23.8 Å². The quantitative estimate of drug-likeness (QED) is 0.693. The first-order valence-electron chi connectivity index (χ1n) is 4.30. The molecule has 1 N–H and O–H groups in total. The number of nitrogens with zero attached hydrogens (tertiary/aromatic N) is 1. The molecule has 3 heteroatoms. The molecule has 2 rings (SSSR count). The van der Waals surface area contributed by atoms with Gasteiger partial charge in [0.15, 0.2) is 0 Å². The van der Waals surface area contributed by atoms with E-state index in [9.17, 15) is 5.11 Å². The van der Waals surface area contributed by atoms with Gasteiger partial charge in [-0.05, 0) is 36.6 Å². The fourth-order valence-corrected chi connectivity index (χ4v) is 1.77. The highest BCUT2D eigenvalue weighted by Crippen LogP contribution is 2.28. The number of hydrogen-bond donors (Lipinski definition) is 1. The molecule has 0 bridgehead atoms. The van der Waals surface area contributed by atoms with E-state index in [2.05, 4.69) is 11.9 Å². The summed E-state index contributed by atoms with van der Waals surface area (Å²) in [5.74, 6) is 0.379. The number of phenolic OH excluding ortho intramolecular Hbond substituents is 1. The highest BCUT2D eigenvalue weighted by molar-refractivity contribution is 5.85. The lowest BCUT2D eigenvalue weighted by molar-refractivity contribution is 0.474. The van der Waals surface area contributed by atoms with Gasteiger partial charge in [-0.3, -0.25) is 0 Å². The van der Waals surface area contributed by atoms with Crippen molar-refractivity contribution in [1.82, 2.24) is 0 Å². The lowest BCUT2D eigenvalue weighted by Gasteiger charge is -2.27. The maximum absolute atomic E-state index is 9.26. The number of halogens is 1. The second-order valence-corrected chi connectivity index (χ2v) is 3.34. The standard InChI is InChI=1S/C10H13NO.ClH/c1-11-6-2-3-8-7-9(12)4-5-10(8)11;/h4-5,7,12H,2-3,6H2,1H3;1H. The number of anilines is 1. The molecule has 0 saturated heterocycles. The Morgan fingerprint density at radius 2 is 2.15 bits per heavy atom. The number of fused-ring (bicyclic) bond motifs is 1. The summed E-state index contributed by atoms with van der Waals surface area (Å²) in [4.78, 5) is 2.23. The van der Waals surface area contributed by atoms with Crippen LogP contribution in [0.25, 0.3) is 0 Å². The zero-order valence-corrected chi connectivity index (χ0v) is 8.47. The fraction of sp³-hybridized carbons (Fsp3) is 0.400. The van der Waals surface area contributed by atoms with Gasteiger partial charge >= 0.3 is 0 Å². The molecule has 0 unspecified atom stereocenters. The molecular weight excluding hydrogens is 186 g/mol. The Labute approximate surface area is 84.6 Å². The summed E-state index contributed by atoms with van der Waals surface area (Å²) in [6, 6.07) is 5.61. The lowest BCUT2D eigenvalue weighted by atomic mass is 10.0. The number of rotatable bonds is 0. The molecule has 0 aromatic heterocycles. The zero-order chi connectivity index (χ0) is 8.55. The van der Waals surface area contributed by atoms with Crippen molar-refractivity contribution in [1.29, 1.82) is 0 Å². The van der Waals surface area contributed by atoms with Gasteiger partial charge < -0.3 is 10.0 Å². The maximum atomic E-state index is 9.26. The number of phenols is 1. The van der Waals surface area contributed by atoms with Crippen LogP contribution in [0.5, 0.6) is 5.75 Å². The summed E-state index contributed by atoms with van der Waals surface area (Å²) in [7, 11) is 2.09. The smallest absolute Gasteiger partial charge is 0.116 e. The van der Waals surface area contributed by atoms with E-state index in [0.29, 0.717) is 5.75 Å². The molecule has 1 aromatic carbocycles. The molecule has 0 fully saturated rings. The van der Waals surface area contributed by atoms with Crippen LogP contribution < -0.4 is 4.90 Å². The van der Waals surface area contributed by atoms with E-state index in [1.807, 2.05) is 12.1 Å². The van der Waals surface area contributed by atoms with Crippen LogP contribution in [0.15, 0.2) is 18.2 Å². The molecule has 0 saturated carbocycles. The Bertz CT molecular complexity index is 301. The second-order valence-electron chi connectivity index (χ2n) is 3.34. The van der Waals surface area contributed by atoms with E-state index in [4.69, 9.17) is 0 Å². The van der Waals surface area contributed by atoms with Crippen LogP contribution >= 0.6 is 12.4 Å². The minimum atomic E-state index is 0. The fourth-order valence-electron chi connectivity index (χ4n) is 1.77. The molecule has 0 spiro atoms. The summed E-state index contributed by atoms with van der Waals surface area (Å²) in [5, 5.41) is 9.26. The SMILES string of the molecule is CN1CCCc2cc(O)ccc21.Cl. The highest BCUT2D eigenvalue weighted by Gasteiger charge is 2.12. The van der Waals surface area contributed by atoms with E-state index in [-0.39, 0.29) is 12.4 Å². The molecule has 1 aliphatic rings. The van der Waals surface area contributed by atoms with Crippen molar-refractivity contribution in [2.75, 3.05) is 18.5 Å². The topological polar surface area (TPSA) is 23.5 Å². The zero-order valence-electron chi connectivity index (χ0n) is 7.66. The maximum Gasteiger partial charge on any atom is 0.116 e. The van der Waals surface area contributed by atoms with E-state index in [1.54, 1.807) is 6.07 Å². The predicted molar refractivity (Wildman–Crippen MR) is 56.9 cm³/mol. The number of benzene rings is 1. The summed E-state index contributed by atoms with van der Waals surface area (Å²) >= 11 is 0. The average Bonchev–Trinajstić information content (AvgIpc) is 2.04. The van der Waals surface area contributed by atoms with Crippen LogP contribution in [0.3, 0.4) is 0 Å². The summed E-state index contributed by atoms with van der Waals surface area (Å²) in [6.07, 6.45) is 2.28. The minimum Gasteiger partial charge on any atom is -0.508 e. The molecule has 0 radical (unpaired) electrons. The monoisotopic (exact) mass is 199 g/mol. The van der Waals surface area contributed by atoms with Crippen molar-refractivity contribution in [3.63, 3.8) is 0 Å². The van der Waals surface area contributed by atoms with Crippen LogP contribution in [-0.4, -0.2) is 18.7 Å². The van der Waals surface area contributed by atoms with Gasteiger partial charge in [0.05, 0.1) is 0 Å². The summed E-state index contributed by atoms with van der Waals surface area (Å²) < 4.78 is 0. The van der Waals surface area contributed by atoms with Crippen LogP contribution in [0, 0.1) is 0 Å². The number of aryl methyl sites for hydroxylation is 1. The van der Waals surface area contributed by atoms with Gasteiger partial charge in [-0.2, -0.15) is 0 Å². The van der Waals surface area contributed by atoms with Gasteiger partial charge in [-0.25, -0.2) is 0 Å². The molecule has 0 amide bonds. The Hall–Kier alpha value is -0.890. The van der Waals surface area contributed by atoms with Gasteiger partial charge in [-0.15, -0.1) is 12.4 Å². The van der Waals surface area contributed by atoms with Crippen LogP contribution in [0.4, 0.5) is 5.69 Å². The van der Waals surface area contributed by atoms with Crippen LogP contribution in [-0.2, 0) is 6.42 Å².